The number of halogens is 1. The van der Waals surface area contributed by atoms with Crippen molar-refractivity contribution in [1.29, 1.82) is 0 Å². The summed E-state index contributed by atoms with van der Waals surface area (Å²) in [6, 6.07) is 0. The number of hydrogen-bond donors (Lipinski definition) is 2. The summed E-state index contributed by atoms with van der Waals surface area (Å²) in [6.45, 7) is 7.02. The van der Waals surface area contributed by atoms with Crippen LogP contribution in [-0.4, -0.2) is 9.97 Å². The van der Waals surface area contributed by atoms with Gasteiger partial charge in [-0.3, -0.25) is 9.78 Å². The average Bonchev–Trinajstić information content (AvgIpc) is 2.02. The zero-order chi connectivity index (χ0) is 10.0. The van der Waals surface area contributed by atoms with Crippen molar-refractivity contribution in [2.45, 2.75) is 0 Å². The van der Waals surface area contributed by atoms with E-state index in [4.69, 9.17) is 0 Å². The van der Waals surface area contributed by atoms with Gasteiger partial charge >= 0.3 is 5.69 Å². The van der Waals surface area contributed by atoms with Crippen LogP contribution in [0.15, 0.2) is 22.7 Å². The van der Waals surface area contributed by atoms with E-state index in [1.54, 1.807) is 0 Å². The molecule has 5 heteroatoms. The molecule has 0 aliphatic heterocycles. The minimum Gasteiger partial charge on any atom is -0.306 e. The molecule has 0 spiro atoms. The maximum atomic E-state index is 11.2. The zero-order valence-corrected chi connectivity index (χ0v) is 8.27. The van der Waals surface area contributed by atoms with Gasteiger partial charge in [0.25, 0.3) is 5.56 Å². The van der Waals surface area contributed by atoms with Crippen molar-refractivity contribution in [3.8, 4) is 0 Å². The molecule has 0 unspecified atom stereocenters. The maximum Gasteiger partial charge on any atom is 0.326 e. The van der Waals surface area contributed by atoms with Gasteiger partial charge in [-0.05, 0) is 15.9 Å². The van der Waals surface area contributed by atoms with Gasteiger partial charge in [0.15, 0.2) is 0 Å². The molecule has 4 nitrogen and oxygen atoms in total. The highest BCUT2D eigenvalue weighted by Crippen LogP contribution is 2.17. The Morgan fingerprint density at radius 2 is 2.00 bits per heavy atom. The Bertz CT molecular complexity index is 470. The Hall–Kier alpha value is -1.36. The molecule has 2 N–H and O–H groups in total. The van der Waals surface area contributed by atoms with Crippen molar-refractivity contribution in [3.63, 3.8) is 0 Å². The zero-order valence-electron chi connectivity index (χ0n) is 6.69. The minimum absolute atomic E-state index is 0.293. The van der Waals surface area contributed by atoms with Gasteiger partial charge in [-0.2, -0.15) is 0 Å². The summed E-state index contributed by atoms with van der Waals surface area (Å²) in [5, 5.41) is 0. The highest BCUT2D eigenvalue weighted by Gasteiger charge is 2.06. The first-order valence-electron chi connectivity index (χ1n) is 3.40. The van der Waals surface area contributed by atoms with Gasteiger partial charge in [-0.1, -0.05) is 19.2 Å². The molecule has 1 aromatic heterocycles. The van der Waals surface area contributed by atoms with Crippen LogP contribution in [0.1, 0.15) is 11.3 Å². The number of H-pyrrole nitrogens is 2. The first-order chi connectivity index (χ1) is 6.06. The monoisotopic (exact) mass is 242 g/mol. The molecule has 0 aliphatic carbocycles. The molecule has 13 heavy (non-hydrogen) atoms. The van der Waals surface area contributed by atoms with Crippen LogP contribution in [0, 0.1) is 0 Å². The fraction of sp³-hybridized carbons (Fsp3) is 0. The quantitative estimate of drug-likeness (QED) is 0.815. The van der Waals surface area contributed by atoms with Gasteiger partial charge in [-0.25, -0.2) is 4.79 Å². The van der Waals surface area contributed by atoms with Gasteiger partial charge in [0, 0.05) is 4.48 Å². The first kappa shape index (κ1) is 9.73. The standard InChI is InChI=1S/C8H7BrN2O2/c1-3-5-6(4(2)9)10-8(13)11-7(5)12/h3H,1-2H2,(H2,10,11,12,13). The van der Waals surface area contributed by atoms with Crippen LogP contribution in [-0.2, 0) is 0 Å². The molecular formula is C8H7BrN2O2. The normalized spacial score (nSPS) is 9.62. The number of rotatable bonds is 2. The van der Waals surface area contributed by atoms with E-state index >= 15 is 0 Å². The molecule has 68 valence electrons. The Balaban J connectivity index is 3.66. The molecule has 0 radical (unpaired) electrons. The van der Waals surface area contributed by atoms with Gasteiger partial charge in [0.1, 0.15) is 0 Å². The molecule has 0 saturated heterocycles. The van der Waals surface area contributed by atoms with Gasteiger partial charge in [-0.15, -0.1) is 0 Å². The SMILES string of the molecule is C=Cc1c(C(=C)Br)[nH]c(=O)[nH]c1=O. The lowest BCUT2D eigenvalue weighted by Gasteiger charge is -2.00. The van der Waals surface area contributed by atoms with Crippen LogP contribution < -0.4 is 11.2 Å². The number of aromatic nitrogens is 2. The molecule has 0 saturated carbocycles. The highest BCUT2D eigenvalue weighted by atomic mass is 79.9. The van der Waals surface area contributed by atoms with Crippen molar-refractivity contribution in [2.75, 3.05) is 0 Å². The molecule has 0 aromatic carbocycles. The lowest BCUT2D eigenvalue weighted by molar-refractivity contribution is 1.02. The Morgan fingerprint density at radius 3 is 2.46 bits per heavy atom. The van der Waals surface area contributed by atoms with Crippen molar-refractivity contribution in [2.24, 2.45) is 0 Å². The average molecular weight is 243 g/mol. The van der Waals surface area contributed by atoms with Crippen LogP contribution in [0.5, 0.6) is 0 Å². The molecule has 1 heterocycles. The van der Waals surface area contributed by atoms with E-state index in [-0.39, 0.29) is 0 Å². The largest absolute Gasteiger partial charge is 0.326 e. The van der Waals surface area contributed by atoms with Crippen molar-refractivity contribution >= 4 is 26.5 Å². The molecule has 0 aliphatic rings. The Kier molecular flexibility index (Phi) is 2.67. The lowest BCUT2D eigenvalue weighted by atomic mass is 10.2. The third-order valence-corrected chi connectivity index (χ3v) is 1.85. The van der Waals surface area contributed by atoms with Gasteiger partial charge in [0.2, 0.25) is 0 Å². The summed E-state index contributed by atoms with van der Waals surface area (Å²) >= 11 is 3.08. The molecule has 0 atom stereocenters. The summed E-state index contributed by atoms with van der Waals surface area (Å²) < 4.78 is 0.436. The smallest absolute Gasteiger partial charge is 0.306 e. The molecule has 0 bridgehead atoms. The van der Waals surface area contributed by atoms with E-state index < -0.39 is 11.2 Å². The topological polar surface area (TPSA) is 65.7 Å². The second-order valence-corrected chi connectivity index (χ2v) is 3.26. The molecular weight excluding hydrogens is 236 g/mol. The fourth-order valence-corrected chi connectivity index (χ4v) is 1.22. The Labute approximate surface area is 82.1 Å². The third-order valence-electron chi connectivity index (χ3n) is 1.45. The van der Waals surface area contributed by atoms with Gasteiger partial charge < -0.3 is 4.98 Å². The summed E-state index contributed by atoms with van der Waals surface area (Å²) in [6.07, 6.45) is 1.36. The van der Waals surface area contributed by atoms with Crippen molar-refractivity contribution < 1.29 is 0 Å². The molecule has 1 rings (SSSR count). The number of aromatic amines is 2. The summed E-state index contributed by atoms with van der Waals surface area (Å²) in [5.74, 6) is 0. The van der Waals surface area contributed by atoms with E-state index in [1.807, 2.05) is 0 Å². The molecule has 0 fully saturated rings. The van der Waals surface area contributed by atoms with Crippen LogP contribution >= 0.6 is 15.9 Å². The van der Waals surface area contributed by atoms with E-state index in [9.17, 15) is 9.59 Å². The van der Waals surface area contributed by atoms with Crippen molar-refractivity contribution in [3.05, 3.63) is 45.3 Å². The maximum absolute atomic E-state index is 11.2. The second-order valence-electron chi connectivity index (χ2n) is 2.31. The van der Waals surface area contributed by atoms with E-state index in [0.717, 1.165) is 0 Å². The van der Waals surface area contributed by atoms with E-state index in [2.05, 4.69) is 39.1 Å². The summed E-state index contributed by atoms with van der Waals surface area (Å²) in [7, 11) is 0. The predicted molar refractivity (Wildman–Crippen MR) is 55.7 cm³/mol. The lowest BCUT2D eigenvalue weighted by Crippen LogP contribution is -2.25. The number of nitrogens with one attached hydrogen (secondary N) is 2. The van der Waals surface area contributed by atoms with Crippen LogP contribution in [0.25, 0.3) is 10.6 Å². The van der Waals surface area contributed by atoms with Crippen LogP contribution in [0.4, 0.5) is 0 Å². The minimum atomic E-state index is -0.564. The van der Waals surface area contributed by atoms with Crippen LogP contribution in [0.2, 0.25) is 0 Å². The molecule has 0 amide bonds. The van der Waals surface area contributed by atoms with E-state index in [0.29, 0.717) is 15.7 Å². The van der Waals surface area contributed by atoms with Crippen LogP contribution in [0.3, 0.4) is 0 Å². The summed E-state index contributed by atoms with van der Waals surface area (Å²) in [5.41, 5.74) is -0.397. The van der Waals surface area contributed by atoms with Gasteiger partial charge in [0.05, 0.1) is 11.3 Å². The second kappa shape index (κ2) is 3.57. The fourth-order valence-electron chi connectivity index (χ4n) is 0.905. The Morgan fingerprint density at radius 1 is 1.38 bits per heavy atom. The molecule has 1 aromatic rings. The number of hydrogen-bond acceptors (Lipinski definition) is 2. The third kappa shape index (κ3) is 1.86. The highest BCUT2D eigenvalue weighted by molar-refractivity contribution is 9.15. The predicted octanol–water partition coefficient (Wildman–Crippen LogP) is 1.07. The summed E-state index contributed by atoms with van der Waals surface area (Å²) in [4.78, 5) is 26.6. The van der Waals surface area contributed by atoms with Crippen molar-refractivity contribution in [1.82, 2.24) is 9.97 Å². The van der Waals surface area contributed by atoms with E-state index in [1.165, 1.54) is 6.08 Å². The first-order valence-corrected chi connectivity index (χ1v) is 4.19.